The molecule has 20 heavy (non-hydrogen) atoms. The molecule has 2 N–H and O–H groups in total. The molecular weight excluding hydrogens is 274 g/mol. The maximum atomic E-state index is 9.16. The molecule has 0 aliphatic heterocycles. The number of nitrogens with one attached hydrogen (secondary N) is 1. The first-order valence-electron chi connectivity index (χ1n) is 6.60. The van der Waals surface area contributed by atoms with Gasteiger partial charge >= 0.3 is 0 Å². The van der Waals surface area contributed by atoms with Gasteiger partial charge in [0.2, 0.25) is 0 Å². The third-order valence-corrected chi connectivity index (χ3v) is 3.29. The van der Waals surface area contributed by atoms with Crippen molar-refractivity contribution in [2.24, 2.45) is 0 Å². The van der Waals surface area contributed by atoms with Gasteiger partial charge in [-0.1, -0.05) is 36.7 Å². The van der Waals surface area contributed by atoms with Crippen LogP contribution in [0, 0.1) is 0 Å². The zero-order valence-electron chi connectivity index (χ0n) is 11.4. The predicted molar refractivity (Wildman–Crippen MR) is 81.3 cm³/mol. The number of hydrogen-bond donors (Lipinski definition) is 2. The molecule has 106 valence electrons. The predicted octanol–water partition coefficient (Wildman–Crippen LogP) is 3.73. The lowest BCUT2D eigenvalue weighted by atomic mass is 10.2. The molecule has 0 aromatic heterocycles. The van der Waals surface area contributed by atoms with Crippen LogP contribution in [0.15, 0.2) is 42.5 Å². The van der Waals surface area contributed by atoms with E-state index in [1.54, 1.807) is 0 Å². The number of benzene rings is 2. The van der Waals surface area contributed by atoms with Crippen molar-refractivity contribution in [1.29, 1.82) is 0 Å². The summed E-state index contributed by atoms with van der Waals surface area (Å²) in [6, 6.07) is 13.0. The van der Waals surface area contributed by atoms with Gasteiger partial charge in [-0.2, -0.15) is 0 Å². The van der Waals surface area contributed by atoms with E-state index in [-0.39, 0.29) is 6.61 Å². The van der Waals surface area contributed by atoms with Crippen molar-refractivity contribution >= 4 is 11.6 Å². The molecule has 2 rings (SSSR count). The second-order valence-electron chi connectivity index (χ2n) is 4.40. The van der Waals surface area contributed by atoms with Gasteiger partial charge in [-0.25, -0.2) is 0 Å². The first-order valence-corrected chi connectivity index (χ1v) is 6.98. The standard InChI is InChI=1S/C16H18ClNO2/c1-2-18-10-14-15(17)7-4-8-16(14)20-13-6-3-5-12(9-13)11-19/h3-9,18-19H,2,10-11H2,1H3. The van der Waals surface area contributed by atoms with E-state index in [0.717, 1.165) is 23.4 Å². The molecule has 0 bridgehead atoms. The smallest absolute Gasteiger partial charge is 0.133 e. The zero-order valence-corrected chi connectivity index (χ0v) is 12.2. The molecule has 0 saturated heterocycles. The Kier molecular flexibility index (Phi) is 5.41. The van der Waals surface area contributed by atoms with E-state index in [2.05, 4.69) is 5.32 Å². The van der Waals surface area contributed by atoms with E-state index in [1.807, 2.05) is 49.4 Å². The summed E-state index contributed by atoms with van der Waals surface area (Å²) in [5.74, 6) is 1.42. The minimum atomic E-state index is -0.00298. The Labute approximate surface area is 124 Å². The number of hydrogen-bond acceptors (Lipinski definition) is 3. The minimum Gasteiger partial charge on any atom is -0.457 e. The van der Waals surface area contributed by atoms with E-state index in [1.165, 1.54) is 0 Å². The topological polar surface area (TPSA) is 41.5 Å². The number of halogens is 1. The lowest BCUT2D eigenvalue weighted by Crippen LogP contribution is -2.12. The van der Waals surface area contributed by atoms with Gasteiger partial charge in [0.25, 0.3) is 0 Å². The van der Waals surface area contributed by atoms with Gasteiger partial charge in [-0.05, 0) is 36.4 Å². The molecule has 2 aromatic carbocycles. The number of aliphatic hydroxyl groups is 1. The summed E-state index contributed by atoms with van der Waals surface area (Å²) >= 11 is 6.23. The average Bonchev–Trinajstić information content (AvgIpc) is 2.47. The van der Waals surface area contributed by atoms with Crippen molar-refractivity contribution in [3.8, 4) is 11.5 Å². The Balaban J connectivity index is 2.25. The molecule has 0 amide bonds. The fourth-order valence-corrected chi connectivity index (χ4v) is 2.12. The van der Waals surface area contributed by atoms with Crippen molar-refractivity contribution in [3.63, 3.8) is 0 Å². The second kappa shape index (κ2) is 7.29. The molecule has 2 aromatic rings. The lowest BCUT2D eigenvalue weighted by Gasteiger charge is -2.13. The highest BCUT2D eigenvalue weighted by Gasteiger charge is 2.09. The van der Waals surface area contributed by atoms with Gasteiger partial charge in [-0.15, -0.1) is 0 Å². The van der Waals surface area contributed by atoms with E-state index in [4.69, 9.17) is 21.4 Å². The maximum Gasteiger partial charge on any atom is 0.133 e. The normalized spacial score (nSPS) is 10.6. The number of ether oxygens (including phenoxy) is 1. The molecule has 0 aliphatic carbocycles. The van der Waals surface area contributed by atoms with Crippen LogP contribution in [0.5, 0.6) is 11.5 Å². The molecule has 0 unspecified atom stereocenters. The Hall–Kier alpha value is -1.55. The summed E-state index contributed by atoms with van der Waals surface area (Å²) in [5, 5.41) is 13.1. The Morgan fingerprint density at radius 2 is 2.00 bits per heavy atom. The van der Waals surface area contributed by atoms with Gasteiger partial charge in [0.15, 0.2) is 0 Å². The highest BCUT2D eigenvalue weighted by Crippen LogP contribution is 2.30. The van der Waals surface area contributed by atoms with E-state index in [0.29, 0.717) is 17.3 Å². The minimum absolute atomic E-state index is 0.00298. The third kappa shape index (κ3) is 3.73. The fraction of sp³-hybridized carbons (Fsp3) is 0.250. The van der Waals surface area contributed by atoms with Gasteiger partial charge in [0, 0.05) is 17.1 Å². The molecule has 0 heterocycles. The molecule has 0 fully saturated rings. The SMILES string of the molecule is CCNCc1c(Cl)cccc1Oc1cccc(CO)c1. The third-order valence-electron chi connectivity index (χ3n) is 2.94. The van der Waals surface area contributed by atoms with Crippen LogP contribution in [-0.2, 0) is 13.2 Å². The average molecular weight is 292 g/mol. The van der Waals surface area contributed by atoms with Gasteiger partial charge in [-0.3, -0.25) is 0 Å². The molecule has 3 nitrogen and oxygen atoms in total. The van der Waals surface area contributed by atoms with Crippen molar-refractivity contribution in [2.45, 2.75) is 20.1 Å². The van der Waals surface area contributed by atoms with Gasteiger partial charge < -0.3 is 15.2 Å². The summed E-state index contributed by atoms with van der Waals surface area (Å²) in [6.07, 6.45) is 0. The highest BCUT2D eigenvalue weighted by atomic mass is 35.5. The summed E-state index contributed by atoms with van der Waals surface area (Å²) in [7, 11) is 0. The van der Waals surface area contributed by atoms with Crippen molar-refractivity contribution < 1.29 is 9.84 Å². The second-order valence-corrected chi connectivity index (χ2v) is 4.81. The van der Waals surface area contributed by atoms with Crippen molar-refractivity contribution in [2.75, 3.05) is 6.54 Å². The first kappa shape index (κ1) is 14.9. The van der Waals surface area contributed by atoms with Gasteiger partial charge in [0.05, 0.1) is 6.61 Å². The van der Waals surface area contributed by atoms with Gasteiger partial charge in [0.1, 0.15) is 11.5 Å². The van der Waals surface area contributed by atoms with Crippen molar-refractivity contribution in [1.82, 2.24) is 5.32 Å². The van der Waals surface area contributed by atoms with Crippen LogP contribution in [0.25, 0.3) is 0 Å². The lowest BCUT2D eigenvalue weighted by molar-refractivity contribution is 0.281. The molecule has 4 heteroatoms. The van der Waals surface area contributed by atoms with Crippen LogP contribution in [0.3, 0.4) is 0 Å². The van der Waals surface area contributed by atoms with Crippen LogP contribution in [0.4, 0.5) is 0 Å². The number of aliphatic hydroxyl groups excluding tert-OH is 1. The Morgan fingerprint density at radius 1 is 1.20 bits per heavy atom. The number of rotatable bonds is 6. The summed E-state index contributed by atoms with van der Waals surface area (Å²) in [6.45, 7) is 3.56. The largest absolute Gasteiger partial charge is 0.457 e. The summed E-state index contributed by atoms with van der Waals surface area (Å²) in [4.78, 5) is 0. The van der Waals surface area contributed by atoms with Crippen LogP contribution in [0.2, 0.25) is 5.02 Å². The first-order chi connectivity index (χ1) is 9.74. The van der Waals surface area contributed by atoms with E-state index in [9.17, 15) is 0 Å². The quantitative estimate of drug-likeness (QED) is 0.852. The van der Waals surface area contributed by atoms with E-state index < -0.39 is 0 Å². The summed E-state index contributed by atoms with van der Waals surface area (Å²) < 4.78 is 5.89. The molecule has 0 spiro atoms. The molecule has 0 atom stereocenters. The van der Waals surface area contributed by atoms with Crippen LogP contribution in [-0.4, -0.2) is 11.7 Å². The molecule has 0 saturated carbocycles. The summed E-state index contributed by atoms with van der Waals surface area (Å²) in [5.41, 5.74) is 1.75. The van der Waals surface area contributed by atoms with Crippen LogP contribution >= 0.6 is 11.6 Å². The highest BCUT2D eigenvalue weighted by molar-refractivity contribution is 6.31. The zero-order chi connectivity index (χ0) is 14.4. The molecule has 0 aliphatic rings. The van der Waals surface area contributed by atoms with Crippen LogP contribution < -0.4 is 10.1 Å². The van der Waals surface area contributed by atoms with E-state index >= 15 is 0 Å². The Bertz CT molecular complexity index is 572. The van der Waals surface area contributed by atoms with Crippen LogP contribution in [0.1, 0.15) is 18.1 Å². The molecule has 0 radical (unpaired) electrons. The fourth-order valence-electron chi connectivity index (χ4n) is 1.89. The molecular formula is C16H18ClNO2. The maximum absolute atomic E-state index is 9.16. The Morgan fingerprint density at radius 3 is 2.75 bits per heavy atom. The van der Waals surface area contributed by atoms with Crippen molar-refractivity contribution in [3.05, 3.63) is 58.6 Å². The monoisotopic (exact) mass is 291 g/mol.